The zero-order chi connectivity index (χ0) is 20.8. The number of allylic oxidation sites excluding steroid dienone is 1. The monoisotopic (exact) mass is 408 g/mol. The van der Waals surface area contributed by atoms with Crippen LogP contribution in [0.25, 0.3) is 0 Å². The molecule has 2 atom stereocenters. The molecule has 1 heterocycles. The lowest BCUT2D eigenvalue weighted by Gasteiger charge is -2.31. The molecule has 148 valence electrons. The lowest BCUT2D eigenvalue weighted by atomic mass is 9.78. The zero-order valence-electron chi connectivity index (χ0n) is 16.0. The third-order valence-electron chi connectivity index (χ3n) is 4.68. The fraction of sp³-hybridized carbons (Fsp3) is 0.227. The average molecular weight is 408 g/mol. The summed E-state index contributed by atoms with van der Waals surface area (Å²) in [7, 11) is 2.79. The molecule has 7 heteroatoms. The minimum absolute atomic E-state index is 0.339. The molecule has 0 fully saturated rings. The summed E-state index contributed by atoms with van der Waals surface area (Å²) in [5, 5.41) is 13.1. The summed E-state index contributed by atoms with van der Waals surface area (Å²) in [5.41, 5.74) is 2.07. The second kappa shape index (κ2) is 9.30. The molecule has 0 radical (unpaired) electrons. The molecular weight excluding hydrogens is 388 g/mol. The Morgan fingerprint density at radius 1 is 1.14 bits per heavy atom. The predicted octanol–water partition coefficient (Wildman–Crippen LogP) is 3.37. The number of hydrogen-bond acceptors (Lipinski definition) is 6. The minimum atomic E-state index is -1.14. The molecule has 29 heavy (non-hydrogen) atoms. The molecule has 1 amide bonds. The number of nitriles is 1. The maximum Gasteiger partial charge on any atom is 0.319 e. The molecular formula is C22H20N2O4S. The average Bonchev–Trinajstić information content (AvgIpc) is 2.77. The quantitative estimate of drug-likeness (QED) is 0.582. The number of amides is 1. The van der Waals surface area contributed by atoms with Crippen LogP contribution < -0.4 is 10.1 Å². The van der Waals surface area contributed by atoms with Crippen LogP contribution in [0.15, 0.2) is 65.2 Å². The van der Waals surface area contributed by atoms with E-state index in [1.165, 1.54) is 18.9 Å². The second-order valence-corrected chi connectivity index (χ2v) is 7.36. The van der Waals surface area contributed by atoms with Gasteiger partial charge in [-0.25, -0.2) is 0 Å². The maximum absolute atomic E-state index is 12.8. The van der Waals surface area contributed by atoms with Gasteiger partial charge in [-0.15, -0.1) is 11.8 Å². The van der Waals surface area contributed by atoms with Gasteiger partial charge in [0.1, 0.15) is 11.7 Å². The Labute approximate surface area is 173 Å². The largest absolute Gasteiger partial charge is 0.497 e. The highest BCUT2D eigenvalue weighted by atomic mass is 32.2. The van der Waals surface area contributed by atoms with Crippen molar-refractivity contribution in [2.45, 2.75) is 11.7 Å². The van der Waals surface area contributed by atoms with Crippen LogP contribution in [0.5, 0.6) is 5.75 Å². The van der Waals surface area contributed by atoms with Gasteiger partial charge in [0, 0.05) is 11.7 Å². The Kier molecular flexibility index (Phi) is 6.57. The lowest BCUT2D eigenvalue weighted by molar-refractivity contribution is -0.150. The number of benzene rings is 2. The first-order valence-electron chi connectivity index (χ1n) is 8.92. The Morgan fingerprint density at radius 2 is 1.83 bits per heavy atom. The van der Waals surface area contributed by atoms with Crippen molar-refractivity contribution in [3.63, 3.8) is 0 Å². The van der Waals surface area contributed by atoms with E-state index in [0.29, 0.717) is 27.7 Å². The van der Waals surface area contributed by atoms with E-state index in [0.717, 1.165) is 5.56 Å². The van der Waals surface area contributed by atoms with Gasteiger partial charge in [-0.05, 0) is 23.3 Å². The topological polar surface area (TPSA) is 88.4 Å². The molecule has 3 rings (SSSR count). The van der Waals surface area contributed by atoms with E-state index in [2.05, 4.69) is 11.4 Å². The molecule has 0 aliphatic carbocycles. The van der Waals surface area contributed by atoms with Gasteiger partial charge in [-0.2, -0.15) is 5.26 Å². The van der Waals surface area contributed by atoms with Crippen molar-refractivity contribution in [1.29, 1.82) is 5.26 Å². The third kappa shape index (κ3) is 4.44. The lowest BCUT2D eigenvalue weighted by Crippen LogP contribution is -2.44. The fourth-order valence-electron chi connectivity index (χ4n) is 3.22. The van der Waals surface area contributed by atoms with Crippen molar-refractivity contribution in [3.8, 4) is 11.8 Å². The number of thioether (sulfide) groups is 1. The molecule has 0 aromatic heterocycles. The third-order valence-corrected chi connectivity index (χ3v) is 5.77. The van der Waals surface area contributed by atoms with Crippen LogP contribution >= 0.6 is 11.8 Å². The van der Waals surface area contributed by atoms with Gasteiger partial charge in [-0.3, -0.25) is 9.59 Å². The summed E-state index contributed by atoms with van der Waals surface area (Å²) < 4.78 is 10.0. The van der Waals surface area contributed by atoms with Gasteiger partial charge in [0.25, 0.3) is 0 Å². The number of carbonyl (C=O) groups is 2. The van der Waals surface area contributed by atoms with E-state index < -0.39 is 23.7 Å². The van der Waals surface area contributed by atoms with Gasteiger partial charge in [0.05, 0.1) is 30.9 Å². The van der Waals surface area contributed by atoms with Crippen molar-refractivity contribution in [2.24, 2.45) is 5.92 Å². The van der Waals surface area contributed by atoms with Crippen molar-refractivity contribution in [1.82, 2.24) is 5.32 Å². The number of ether oxygens (including phenoxy) is 2. The first kappa shape index (κ1) is 20.5. The first-order valence-corrected chi connectivity index (χ1v) is 9.91. The fourth-order valence-corrected chi connectivity index (χ4v) is 4.22. The van der Waals surface area contributed by atoms with Gasteiger partial charge >= 0.3 is 5.97 Å². The number of nitrogens with one attached hydrogen (secondary N) is 1. The van der Waals surface area contributed by atoms with Crippen LogP contribution in [0.2, 0.25) is 0 Å². The van der Waals surface area contributed by atoms with Gasteiger partial charge in [0.15, 0.2) is 0 Å². The molecule has 2 aromatic rings. The van der Waals surface area contributed by atoms with E-state index in [9.17, 15) is 14.9 Å². The van der Waals surface area contributed by atoms with Gasteiger partial charge < -0.3 is 14.8 Å². The summed E-state index contributed by atoms with van der Waals surface area (Å²) in [6.07, 6.45) is 0. The van der Waals surface area contributed by atoms with Crippen LogP contribution in [-0.2, 0) is 20.1 Å². The summed E-state index contributed by atoms with van der Waals surface area (Å²) in [4.78, 5) is 25.2. The van der Waals surface area contributed by atoms with Crippen molar-refractivity contribution in [2.75, 3.05) is 14.2 Å². The highest BCUT2D eigenvalue weighted by Crippen LogP contribution is 2.41. The van der Waals surface area contributed by atoms with Crippen molar-refractivity contribution >= 4 is 23.6 Å². The van der Waals surface area contributed by atoms with E-state index in [1.807, 2.05) is 30.3 Å². The predicted molar refractivity (Wildman–Crippen MR) is 110 cm³/mol. The SMILES string of the molecule is COC(=O)C1C(=O)NC(SCc2ccccc2)=C(C#N)C1c1ccc(OC)cc1. The van der Waals surface area contributed by atoms with E-state index >= 15 is 0 Å². The molecule has 1 aliphatic heterocycles. The number of methoxy groups -OCH3 is 2. The van der Waals surface area contributed by atoms with E-state index in [1.54, 1.807) is 31.4 Å². The van der Waals surface area contributed by atoms with Crippen molar-refractivity contribution < 1.29 is 19.1 Å². The van der Waals surface area contributed by atoms with Crippen LogP contribution in [0.1, 0.15) is 17.0 Å². The number of hydrogen-bond donors (Lipinski definition) is 1. The summed E-state index contributed by atoms with van der Waals surface area (Å²) >= 11 is 1.36. The molecule has 0 saturated carbocycles. The van der Waals surface area contributed by atoms with Gasteiger partial charge in [-0.1, -0.05) is 42.5 Å². The Bertz CT molecular complexity index is 965. The molecule has 0 spiro atoms. The number of carbonyl (C=O) groups excluding carboxylic acids is 2. The highest BCUT2D eigenvalue weighted by Gasteiger charge is 2.44. The van der Waals surface area contributed by atoms with E-state index in [-0.39, 0.29) is 0 Å². The summed E-state index contributed by atoms with van der Waals surface area (Å²) in [6, 6.07) is 18.9. The highest BCUT2D eigenvalue weighted by molar-refractivity contribution is 8.02. The summed E-state index contributed by atoms with van der Waals surface area (Å²) in [6.45, 7) is 0. The molecule has 1 N–H and O–H groups in total. The number of esters is 1. The van der Waals surface area contributed by atoms with Crippen LogP contribution in [0.3, 0.4) is 0 Å². The number of rotatable bonds is 6. The molecule has 1 aliphatic rings. The molecule has 2 unspecified atom stereocenters. The molecule has 0 saturated heterocycles. The standard InChI is InChI=1S/C22H20N2O4S/c1-27-16-10-8-15(9-11-16)18-17(12-23)21(24-20(25)19(18)22(26)28-2)29-13-14-6-4-3-5-7-14/h3-11,18-19H,13H2,1-2H3,(H,24,25). The minimum Gasteiger partial charge on any atom is -0.497 e. The normalized spacial score (nSPS) is 18.6. The number of nitrogens with zero attached hydrogens (tertiary/aromatic N) is 1. The van der Waals surface area contributed by atoms with Crippen LogP contribution in [0, 0.1) is 17.2 Å². The molecule has 2 aromatic carbocycles. The summed E-state index contributed by atoms with van der Waals surface area (Å²) in [5.74, 6) is -1.80. The Morgan fingerprint density at radius 3 is 2.41 bits per heavy atom. The van der Waals surface area contributed by atoms with Crippen molar-refractivity contribution in [3.05, 3.63) is 76.3 Å². The zero-order valence-corrected chi connectivity index (χ0v) is 16.9. The van der Waals surface area contributed by atoms with E-state index in [4.69, 9.17) is 9.47 Å². The van der Waals surface area contributed by atoms with Crippen LogP contribution in [-0.4, -0.2) is 26.1 Å². The molecule has 0 bridgehead atoms. The Hall–Kier alpha value is -3.24. The maximum atomic E-state index is 12.8. The second-order valence-electron chi connectivity index (χ2n) is 6.37. The van der Waals surface area contributed by atoms with Gasteiger partial charge in [0.2, 0.25) is 5.91 Å². The Balaban J connectivity index is 2.02. The first-order chi connectivity index (χ1) is 14.1. The smallest absolute Gasteiger partial charge is 0.319 e. The van der Waals surface area contributed by atoms with Crippen LogP contribution in [0.4, 0.5) is 0 Å². The molecule has 6 nitrogen and oxygen atoms in total.